The number of nitrogens with two attached hydrogens (primary N) is 1. The number of piperazine rings is 1. The predicted octanol–water partition coefficient (Wildman–Crippen LogP) is 1.12. The highest BCUT2D eigenvalue weighted by Crippen LogP contribution is 2.29. The number of hydrogen-bond acceptors (Lipinski definition) is 8. The maximum atomic E-state index is 11.5. The number of ketones is 1. The van der Waals surface area contributed by atoms with E-state index < -0.39 is 0 Å². The number of carbonyl (C=O) groups excluding carboxylic acids is 1. The molecule has 1 aliphatic heterocycles. The third-order valence-corrected chi connectivity index (χ3v) is 4.48. The Balaban J connectivity index is 1.76. The van der Waals surface area contributed by atoms with Gasteiger partial charge in [0.05, 0.1) is 6.61 Å². The first-order chi connectivity index (χ1) is 12.6. The molecule has 0 bridgehead atoms. The van der Waals surface area contributed by atoms with Gasteiger partial charge in [-0.3, -0.25) is 9.69 Å². The minimum atomic E-state index is 0.00532. The molecule has 1 aliphatic rings. The number of carbonyl (C=O) groups is 1. The lowest BCUT2D eigenvalue weighted by Gasteiger charge is -2.35. The summed E-state index contributed by atoms with van der Waals surface area (Å²) in [6.45, 7) is 5.68. The van der Waals surface area contributed by atoms with Gasteiger partial charge in [-0.15, -0.1) is 0 Å². The molecule has 138 valence electrons. The second-order valence-electron chi connectivity index (χ2n) is 6.27. The number of nitrogens with one attached hydrogen (secondary N) is 1. The number of nitrogens with zero attached hydrogens (tertiary/aromatic N) is 4. The SMILES string of the molecule is CC(=O)c1cccc(Nc2ncnc(N3CCN(CCO)CC3)c2N)c1. The average Bonchev–Trinajstić information content (AvgIpc) is 2.65. The zero-order chi connectivity index (χ0) is 18.5. The highest BCUT2D eigenvalue weighted by molar-refractivity contribution is 5.95. The average molecular weight is 356 g/mol. The van der Waals surface area contributed by atoms with Gasteiger partial charge in [0, 0.05) is 44.0 Å². The smallest absolute Gasteiger partial charge is 0.159 e. The van der Waals surface area contributed by atoms with Crippen LogP contribution in [0.4, 0.5) is 23.0 Å². The normalized spacial score (nSPS) is 15.1. The monoisotopic (exact) mass is 356 g/mol. The van der Waals surface area contributed by atoms with Crippen LogP contribution in [0.1, 0.15) is 17.3 Å². The minimum Gasteiger partial charge on any atom is -0.395 e. The van der Waals surface area contributed by atoms with E-state index in [-0.39, 0.29) is 12.4 Å². The van der Waals surface area contributed by atoms with Gasteiger partial charge in [0.25, 0.3) is 0 Å². The molecule has 8 nitrogen and oxygen atoms in total. The number of nitrogen functional groups attached to an aromatic ring is 1. The molecule has 26 heavy (non-hydrogen) atoms. The molecule has 2 aromatic rings. The number of rotatable bonds is 6. The Morgan fingerprint density at radius 1 is 1.27 bits per heavy atom. The van der Waals surface area contributed by atoms with E-state index in [1.807, 2.05) is 12.1 Å². The van der Waals surface area contributed by atoms with Crippen molar-refractivity contribution in [1.82, 2.24) is 14.9 Å². The molecule has 1 saturated heterocycles. The van der Waals surface area contributed by atoms with Gasteiger partial charge in [-0.1, -0.05) is 12.1 Å². The van der Waals surface area contributed by atoms with E-state index in [2.05, 4.69) is 25.1 Å². The molecular formula is C18H24N6O2. The minimum absolute atomic E-state index is 0.00532. The van der Waals surface area contributed by atoms with Crippen LogP contribution in [0.2, 0.25) is 0 Å². The fourth-order valence-corrected chi connectivity index (χ4v) is 3.02. The van der Waals surface area contributed by atoms with Crippen molar-refractivity contribution in [1.29, 1.82) is 0 Å². The molecule has 1 fully saturated rings. The molecule has 3 rings (SSSR count). The summed E-state index contributed by atoms with van der Waals surface area (Å²) in [7, 11) is 0. The molecular weight excluding hydrogens is 332 g/mol. The van der Waals surface area contributed by atoms with Crippen LogP contribution in [0.15, 0.2) is 30.6 Å². The van der Waals surface area contributed by atoms with Crippen molar-refractivity contribution in [2.75, 3.05) is 55.3 Å². The predicted molar refractivity (Wildman–Crippen MR) is 102 cm³/mol. The molecule has 1 aromatic heterocycles. The van der Waals surface area contributed by atoms with Crippen LogP contribution in [0, 0.1) is 0 Å². The number of Topliss-reactive ketones (excluding diaryl/α,β-unsaturated/α-hetero) is 1. The van der Waals surface area contributed by atoms with Gasteiger partial charge < -0.3 is 21.1 Å². The summed E-state index contributed by atoms with van der Waals surface area (Å²) in [4.78, 5) is 24.5. The first-order valence-electron chi connectivity index (χ1n) is 8.65. The second-order valence-corrected chi connectivity index (χ2v) is 6.27. The van der Waals surface area contributed by atoms with Gasteiger partial charge in [0.2, 0.25) is 0 Å². The van der Waals surface area contributed by atoms with Gasteiger partial charge in [-0.05, 0) is 19.1 Å². The van der Waals surface area contributed by atoms with Gasteiger partial charge in [0.1, 0.15) is 12.0 Å². The fraction of sp³-hybridized carbons (Fsp3) is 0.389. The Morgan fingerprint density at radius 2 is 2.04 bits per heavy atom. The summed E-state index contributed by atoms with van der Waals surface area (Å²) in [6.07, 6.45) is 1.49. The number of β-amino-alcohol motifs (C(OH)–C–C–N with tert-alkyl or cyclic N) is 1. The lowest BCUT2D eigenvalue weighted by Crippen LogP contribution is -2.47. The molecule has 4 N–H and O–H groups in total. The maximum Gasteiger partial charge on any atom is 0.159 e. The van der Waals surface area contributed by atoms with E-state index >= 15 is 0 Å². The molecule has 0 radical (unpaired) electrons. The number of hydrogen-bond donors (Lipinski definition) is 3. The first kappa shape index (κ1) is 18.1. The lowest BCUT2D eigenvalue weighted by atomic mass is 10.1. The van der Waals surface area contributed by atoms with Crippen LogP contribution in [-0.4, -0.2) is 65.1 Å². The van der Waals surface area contributed by atoms with Gasteiger partial charge in [-0.25, -0.2) is 9.97 Å². The molecule has 0 aliphatic carbocycles. The van der Waals surface area contributed by atoms with E-state index in [0.717, 1.165) is 31.9 Å². The van der Waals surface area contributed by atoms with Crippen molar-refractivity contribution < 1.29 is 9.90 Å². The van der Waals surface area contributed by atoms with Crippen molar-refractivity contribution in [2.45, 2.75) is 6.92 Å². The zero-order valence-electron chi connectivity index (χ0n) is 14.9. The summed E-state index contributed by atoms with van der Waals surface area (Å²) < 4.78 is 0. The Hall–Kier alpha value is -2.71. The maximum absolute atomic E-state index is 11.5. The largest absolute Gasteiger partial charge is 0.395 e. The summed E-state index contributed by atoms with van der Waals surface area (Å²) in [5.74, 6) is 1.23. The third kappa shape index (κ3) is 4.09. The van der Waals surface area contributed by atoms with Crippen molar-refractivity contribution >= 4 is 28.8 Å². The van der Waals surface area contributed by atoms with Gasteiger partial charge in [-0.2, -0.15) is 0 Å². The molecule has 0 atom stereocenters. The molecule has 0 amide bonds. The van der Waals surface area contributed by atoms with Gasteiger partial charge >= 0.3 is 0 Å². The van der Waals surface area contributed by atoms with E-state index in [1.165, 1.54) is 13.3 Å². The van der Waals surface area contributed by atoms with Crippen molar-refractivity contribution in [3.8, 4) is 0 Å². The van der Waals surface area contributed by atoms with Crippen LogP contribution in [0.25, 0.3) is 0 Å². The Kier molecular flexibility index (Phi) is 5.65. The Morgan fingerprint density at radius 3 is 2.73 bits per heavy atom. The van der Waals surface area contributed by atoms with Crippen molar-refractivity contribution in [2.24, 2.45) is 0 Å². The number of anilines is 4. The number of benzene rings is 1. The van der Waals surface area contributed by atoms with Crippen LogP contribution in [0.3, 0.4) is 0 Å². The van der Waals surface area contributed by atoms with Crippen LogP contribution < -0.4 is 16.0 Å². The van der Waals surface area contributed by atoms with Crippen molar-refractivity contribution in [3.63, 3.8) is 0 Å². The summed E-state index contributed by atoms with van der Waals surface area (Å²) in [5.41, 5.74) is 8.17. The standard InChI is InChI=1S/C18H24N6O2/c1-13(26)14-3-2-4-15(11-14)22-17-16(19)18(21-12-20-17)24-7-5-23(6-8-24)9-10-25/h2-4,11-12,25H,5-10,19H2,1H3,(H,20,21,22). The van der Waals surface area contributed by atoms with E-state index in [0.29, 0.717) is 29.4 Å². The van der Waals surface area contributed by atoms with Gasteiger partial charge in [0.15, 0.2) is 17.4 Å². The highest BCUT2D eigenvalue weighted by atomic mass is 16.3. The zero-order valence-corrected chi connectivity index (χ0v) is 14.9. The first-order valence-corrected chi connectivity index (χ1v) is 8.65. The molecule has 0 unspecified atom stereocenters. The summed E-state index contributed by atoms with van der Waals surface area (Å²) in [5, 5.41) is 12.2. The number of aliphatic hydroxyl groups excluding tert-OH is 1. The van der Waals surface area contributed by atoms with E-state index in [9.17, 15) is 4.79 Å². The highest BCUT2D eigenvalue weighted by Gasteiger charge is 2.21. The number of aliphatic hydroxyl groups is 1. The topological polar surface area (TPSA) is 108 Å². The van der Waals surface area contributed by atoms with E-state index in [4.69, 9.17) is 10.8 Å². The van der Waals surface area contributed by atoms with Crippen LogP contribution >= 0.6 is 0 Å². The summed E-state index contributed by atoms with van der Waals surface area (Å²) >= 11 is 0. The lowest BCUT2D eigenvalue weighted by molar-refractivity contribution is 0.101. The Bertz CT molecular complexity index is 774. The molecule has 2 heterocycles. The van der Waals surface area contributed by atoms with Crippen LogP contribution in [0.5, 0.6) is 0 Å². The summed E-state index contributed by atoms with van der Waals surface area (Å²) in [6, 6.07) is 7.23. The quantitative estimate of drug-likeness (QED) is 0.661. The number of aromatic nitrogens is 2. The molecule has 0 spiro atoms. The second kappa shape index (κ2) is 8.11. The molecule has 0 saturated carbocycles. The molecule has 8 heteroatoms. The third-order valence-electron chi connectivity index (χ3n) is 4.48. The Labute approximate surface area is 152 Å². The van der Waals surface area contributed by atoms with E-state index in [1.54, 1.807) is 12.1 Å². The fourth-order valence-electron chi connectivity index (χ4n) is 3.02. The van der Waals surface area contributed by atoms with Crippen molar-refractivity contribution in [3.05, 3.63) is 36.2 Å². The molecule has 1 aromatic carbocycles. The van der Waals surface area contributed by atoms with Crippen LogP contribution in [-0.2, 0) is 0 Å².